The van der Waals surface area contributed by atoms with E-state index in [0.717, 1.165) is 5.56 Å². The molecule has 1 aromatic rings. The van der Waals surface area contributed by atoms with E-state index in [1.807, 2.05) is 31.2 Å². The van der Waals surface area contributed by atoms with Crippen LogP contribution in [0.4, 0.5) is 0 Å². The molecule has 0 unspecified atom stereocenters. The summed E-state index contributed by atoms with van der Waals surface area (Å²) in [4.78, 5) is 26.4. The fourth-order valence-corrected chi connectivity index (χ4v) is 3.04. The Bertz CT molecular complexity index is 680. The van der Waals surface area contributed by atoms with Crippen molar-refractivity contribution in [1.29, 1.82) is 0 Å². The topological polar surface area (TPSA) is 55.8 Å². The maximum absolute atomic E-state index is 12.3. The number of thioether (sulfide) groups is 1. The number of hydrogen-bond donors (Lipinski definition) is 0. The number of esters is 2. The van der Waals surface area contributed by atoms with Gasteiger partial charge in [0.2, 0.25) is 0 Å². The number of nitrogens with zero attached hydrogens (tertiary/aromatic N) is 1. The Balaban J connectivity index is 3.05. The minimum Gasteiger partial charge on any atom is -0.462 e. The molecule has 0 aromatic heterocycles. The van der Waals surface area contributed by atoms with Crippen LogP contribution in [0.3, 0.4) is 0 Å². The highest BCUT2D eigenvalue weighted by atomic mass is 32.2. The number of carbonyl (C=O) groups is 2. The van der Waals surface area contributed by atoms with Crippen molar-refractivity contribution in [1.82, 2.24) is 4.90 Å². The van der Waals surface area contributed by atoms with E-state index in [0.29, 0.717) is 29.6 Å². The molecule has 1 rings (SSSR count). The van der Waals surface area contributed by atoms with E-state index in [2.05, 4.69) is 0 Å². The predicted molar refractivity (Wildman–Crippen MR) is 106 cm³/mol. The molecule has 0 saturated heterocycles. The molecule has 0 spiro atoms. The number of benzene rings is 1. The number of ether oxygens (including phenoxy) is 2. The Kier molecular flexibility index (Phi) is 9.58. The van der Waals surface area contributed by atoms with E-state index in [1.165, 1.54) is 17.3 Å². The third-order valence-electron chi connectivity index (χ3n) is 3.48. The van der Waals surface area contributed by atoms with Crippen molar-refractivity contribution in [3.63, 3.8) is 0 Å². The monoisotopic (exact) mass is 377 g/mol. The van der Waals surface area contributed by atoms with Crippen molar-refractivity contribution in [3.8, 4) is 0 Å². The van der Waals surface area contributed by atoms with Gasteiger partial charge in [-0.2, -0.15) is 0 Å². The molecular formula is C20H27NO4S. The van der Waals surface area contributed by atoms with Crippen LogP contribution in [-0.2, 0) is 24.8 Å². The first-order chi connectivity index (χ1) is 12.4. The quantitative estimate of drug-likeness (QED) is 0.372. The normalized spacial score (nSPS) is 11.9. The molecule has 5 nitrogen and oxygen atoms in total. The maximum Gasteiger partial charge on any atom is 0.354 e. The number of aryl methyl sites for hydroxylation is 1. The second kappa shape index (κ2) is 11.4. The molecule has 0 aliphatic rings. The van der Waals surface area contributed by atoms with Gasteiger partial charge in [0.05, 0.1) is 18.1 Å². The summed E-state index contributed by atoms with van der Waals surface area (Å²) in [6, 6.07) is 8.03. The largest absolute Gasteiger partial charge is 0.462 e. The van der Waals surface area contributed by atoms with Crippen molar-refractivity contribution in [2.24, 2.45) is 0 Å². The average Bonchev–Trinajstić information content (AvgIpc) is 2.59. The molecule has 0 radical (unpaired) electrons. The summed E-state index contributed by atoms with van der Waals surface area (Å²) in [5.74, 6) is -0.188. The van der Waals surface area contributed by atoms with Crippen LogP contribution >= 0.6 is 11.8 Å². The first-order valence-electron chi connectivity index (χ1n) is 8.51. The summed E-state index contributed by atoms with van der Waals surface area (Å²) in [6.45, 7) is 6.14. The van der Waals surface area contributed by atoms with Gasteiger partial charge in [0.15, 0.2) is 0 Å². The summed E-state index contributed by atoms with van der Waals surface area (Å²) in [5, 5.41) is 0. The van der Waals surface area contributed by atoms with Crippen LogP contribution in [0.1, 0.15) is 25.0 Å². The lowest BCUT2D eigenvalue weighted by atomic mass is 10.1. The molecule has 142 valence electrons. The first-order valence-corrected chi connectivity index (χ1v) is 9.50. The summed E-state index contributed by atoms with van der Waals surface area (Å²) >= 11 is 1.39. The highest BCUT2D eigenvalue weighted by Gasteiger charge is 2.15. The Hall–Kier alpha value is -2.21. The van der Waals surface area contributed by atoms with Crippen LogP contribution in [0.15, 0.2) is 47.0 Å². The molecule has 0 fully saturated rings. The third-order valence-corrected chi connectivity index (χ3v) is 4.55. The lowest BCUT2D eigenvalue weighted by Crippen LogP contribution is -2.21. The molecule has 0 amide bonds. The Morgan fingerprint density at radius 2 is 1.65 bits per heavy atom. The van der Waals surface area contributed by atoms with Crippen LogP contribution in [0, 0.1) is 6.92 Å². The number of rotatable bonds is 9. The number of allylic oxidation sites excluding steroid dienone is 2. The second-order valence-electron chi connectivity index (χ2n) is 5.63. The van der Waals surface area contributed by atoms with Crippen LogP contribution in [0.25, 0.3) is 0 Å². The third kappa shape index (κ3) is 6.96. The van der Waals surface area contributed by atoms with E-state index in [4.69, 9.17) is 9.47 Å². The smallest absolute Gasteiger partial charge is 0.354 e. The van der Waals surface area contributed by atoms with E-state index in [-0.39, 0.29) is 0 Å². The fourth-order valence-electron chi connectivity index (χ4n) is 2.06. The van der Waals surface area contributed by atoms with Crippen LogP contribution in [-0.4, -0.2) is 44.1 Å². The Morgan fingerprint density at radius 3 is 2.23 bits per heavy atom. The maximum atomic E-state index is 12.3. The van der Waals surface area contributed by atoms with Gasteiger partial charge in [-0.1, -0.05) is 24.3 Å². The van der Waals surface area contributed by atoms with Crippen molar-refractivity contribution < 1.29 is 19.1 Å². The first kappa shape index (κ1) is 21.8. The highest BCUT2D eigenvalue weighted by molar-refractivity contribution is 8.03. The van der Waals surface area contributed by atoms with Crippen LogP contribution in [0.2, 0.25) is 0 Å². The van der Waals surface area contributed by atoms with Gasteiger partial charge in [0, 0.05) is 19.8 Å². The van der Waals surface area contributed by atoms with Gasteiger partial charge in [-0.05, 0) is 44.1 Å². The standard InChI is InChI=1S/C20H27NO4S/c1-6-24-19(22)17(21(4)5)12-13-18(20(23)25-7-2)26-14-16-11-9-8-10-15(16)3/h8-13H,6-7,14H2,1-5H3. The van der Waals surface area contributed by atoms with Gasteiger partial charge in [-0.25, -0.2) is 9.59 Å². The molecule has 0 N–H and O–H groups in total. The molecular weight excluding hydrogens is 350 g/mol. The van der Waals surface area contributed by atoms with E-state index in [9.17, 15) is 9.59 Å². The molecule has 0 saturated carbocycles. The van der Waals surface area contributed by atoms with Crippen molar-refractivity contribution in [2.45, 2.75) is 26.5 Å². The number of hydrogen-bond acceptors (Lipinski definition) is 6. The van der Waals surface area contributed by atoms with Gasteiger partial charge in [-0.15, -0.1) is 11.8 Å². The SMILES string of the molecule is CCOC(=O)C(=CC=C(C(=O)OCC)N(C)C)SCc1ccccc1C. The lowest BCUT2D eigenvalue weighted by Gasteiger charge is -2.15. The summed E-state index contributed by atoms with van der Waals surface area (Å²) in [6.07, 6.45) is 3.21. The molecule has 6 heteroatoms. The average molecular weight is 378 g/mol. The van der Waals surface area contributed by atoms with Crippen LogP contribution in [0.5, 0.6) is 0 Å². The van der Waals surface area contributed by atoms with Crippen molar-refractivity contribution in [3.05, 3.63) is 58.1 Å². The Labute approximate surface area is 160 Å². The van der Waals surface area contributed by atoms with Gasteiger partial charge in [0.1, 0.15) is 5.70 Å². The second-order valence-corrected chi connectivity index (χ2v) is 6.65. The highest BCUT2D eigenvalue weighted by Crippen LogP contribution is 2.24. The van der Waals surface area contributed by atoms with Crippen molar-refractivity contribution in [2.75, 3.05) is 27.3 Å². The molecule has 0 bridgehead atoms. The summed E-state index contributed by atoms with van der Waals surface area (Å²) in [5.41, 5.74) is 2.68. The zero-order valence-electron chi connectivity index (χ0n) is 16.1. The van der Waals surface area contributed by atoms with Gasteiger partial charge in [0.25, 0.3) is 0 Å². The molecule has 1 aromatic carbocycles. The van der Waals surface area contributed by atoms with E-state index < -0.39 is 11.9 Å². The zero-order chi connectivity index (χ0) is 19.5. The zero-order valence-corrected chi connectivity index (χ0v) is 16.9. The molecule has 26 heavy (non-hydrogen) atoms. The van der Waals surface area contributed by atoms with Gasteiger partial charge >= 0.3 is 11.9 Å². The Morgan fingerprint density at radius 1 is 1.04 bits per heavy atom. The molecule has 0 aliphatic carbocycles. The predicted octanol–water partition coefficient (Wildman–Crippen LogP) is 3.68. The molecule has 0 aliphatic heterocycles. The summed E-state index contributed by atoms with van der Waals surface area (Å²) < 4.78 is 10.2. The minimum absolute atomic E-state index is 0.292. The lowest BCUT2D eigenvalue weighted by molar-refractivity contribution is -0.140. The van der Waals surface area contributed by atoms with E-state index >= 15 is 0 Å². The van der Waals surface area contributed by atoms with Crippen LogP contribution < -0.4 is 0 Å². The number of likely N-dealkylation sites (N-methyl/N-ethyl adjacent to an activating group) is 1. The van der Waals surface area contributed by atoms with Gasteiger partial charge in [-0.3, -0.25) is 0 Å². The van der Waals surface area contributed by atoms with E-state index in [1.54, 1.807) is 45.0 Å². The van der Waals surface area contributed by atoms with Crippen molar-refractivity contribution >= 4 is 23.7 Å². The number of carbonyl (C=O) groups excluding carboxylic acids is 2. The molecule has 0 atom stereocenters. The van der Waals surface area contributed by atoms with Gasteiger partial charge < -0.3 is 14.4 Å². The minimum atomic E-state index is -0.430. The summed E-state index contributed by atoms with van der Waals surface area (Å²) in [7, 11) is 3.50. The fraction of sp³-hybridized carbons (Fsp3) is 0.400. The molecule has 0 heterocycles.